The van der Waals surface area contributed by atoms with Gasteiger partial charge in [-0.1, -0.05) is 0 Å². The van der Waals surface area contributed by atoms with Crippen molar-refractivity contribution >= 4 is 5.97 Å². The van der Waals surface area contributed by atoms with Crippen molar-refractivity contribution in [3.63, 3.8) is 0 Å². The van der Waals surface area contributed by atoms with Gasteiger partial charge in [0.1, 0.15) is 0 Å². The number of hydrogen-bond acceptors (Lipinski definition) is 2. The van der Waals surface area contributed by atoms with Crippen molar-refractivity contribution in [3.05, 3.63) is 24.0 Å². The first-order valence-corrected chi connectivity index (χ1v) is 6.47. The smallest absolute Gasteiger partial charge is 0.406 e. The molecule has 1 fully saturated rings. The quantitative estimate of drug-likeness (QED) is 0.890. The van der Waals surface area contributed by atoms with Gasteiger partial charge in [0.25, 0.3) is 0 Å². The second-order valence-corrected chi connectivity index (χ2v) is 5.09. The highest BCUT2D eigenvalue weighted by molar-refractivity contribution is 5.77. The van der Waals surface area contributed by atoms with Gasteiger partial charge in [-0.05, 0) is 32.0 Å². The summed E-state index contributed by atoms with van der Waals surface area (Å²) < 4.78 is 41.7. The summed E-state index contributed by atoms with van der Waals surface area (Å²) in [5.74, 6) is -2.80. The molecule has 1 aliphatic rings. The Bertz CT molecular complexity index is 498. The summed E-state index contributed by atoms with van der Waals surface area (Å²) in [6.07, 6.45) is -2.88. The van der Waals surface area contributed by atoms with Crippen LogP contribution in [0.15, 0.2) is 18.3 Å². The number of carboxylic acids is 1. The number of nitrogens with zero attached hydrogens (tertiary/aromatic N) is 1. The van der Waals surface area contributed by atoms with Crippen molar-refractivity contribution < 1.29 is 23.1 Å². The minimum absolute atomic E-state index is 0.0563. The Labute approximate surface area is 114 Å². The fraction of sp³-hybridized carbons (Fsp3) is 0.615. The lowest BCUT2D eigenvalue weighted by Gasteiger charge is -2.32. The Morgan fingerprint density at radius 3 is 2.85 bits per heavy atom. The lowest BCUT2D eigenvalue weighted by atomic mass is 9.75. The predicted molar refractivity (Wildman–Crippen MR) is 66.3 cm³/mol. The van der Waals surface area contributed by atoms with Crippen LogP contribution < -0.4 is 5.32 Å². The molecule has 2 rings (SSSR count). The van der Waals surface area contributed by atoms with Gasteiger partial charge in [-0.3, -0.25) is 4.79 Å². The summed E-state index contributed by atoms with van der Waals surface area (Å²) in [6, 6.07) is 3.50. The minimum Gasteiger partial charge on any atom is -0.481 e. The number of alkyl halides is 3. The van der Waals surface area contributed by atoms with Crippen LogP contribution in [0.2, 0.25) is 0 Å². The van der Waals surface area contributed by atoms with Gasteiger partial charge < -0.3 is 15.0 Å². The second-order valence-electron chi connectivity index (χ2n) is 5.09. The van der Waals surface area contributed by atoms with Gasteiger partial charge in [0, 0.05) is 30.9 Å². The Morgan fingerprint density at radius 1 is 1.60 bits per heavy atom. The van der Waals surface area contributed by atoms with Gasteiger partial charge in [-0.25, -0.2) is 0 Å². The van der Waals surface area contributed by atoms with Crippen LogP contribution in [0.5, 0.6) is 0 Å². The molecule has 0 amide bonds. The molecule has 0 radical (unpaired) electrons. The number of aromatic nitrogens is 1. The molecular weight excluding hydrogens is 273 g/mol. The van der Waals surface area contributed by atoms with Gasteiger partial charge in [0.2, 0.25) is 0 Å². The van der Waals surface area contributed by atoms with Crippen molar-refractivity contribution in [1.29, 1.82) is 0 Å². The van der Waals surface area contributed by atoms with E-state index in [4.69, 9.17) is 5.11 Å². The normalized spacial score (nSPS) is 26.9. The Balaban J connectivity index is 2.33. The molecule has 0 aromatic carbocycles. The molecule has 0 saturated carbocycles. The van der Waals surface area contributed by atoms with Crippen molar-refractivity contribution in [2.24, 2.45) is 11.3 Å². The Kier molecular flexibility index (Phi) is 3.82. The van der Waals surface area contributed by atoms with E-state index in [2.05, 4.69) is 5.32 Å². The third-order valence-corrected chi connectivity index (χ3v) is 4.10. The molecule has 20 heavy (non-hydrogen) atoms. The molecule has 0 unspecified atom stereocenters. The van der Waals surface area contributed by atoms with Crippen molar-refractivity contribution in [1.82, 2.24) is 9.88 Å². The number of halogens is 3. The monoisotopic (exact) mass is 290 g/mol. The minimum atomic E-state index is -4.77. The summed E-state index contributed by atoms with van der Waals surface area (Å²) in [5.41, 5.74) is -1.97. The van der Waals surface area contributed by atoms with Crippen LogP contribution in [-0.4, -0.2) is 34.9 Å². The maximum absolute atomic E-state index is 13.3. The predicted octanol–water partition coefficient (Wildman–Crippen LogP) is 1.90. The molecule has 0 spiro atoms. The van der Waals surface area contributed by atoms with Crippen LogP contribution in [0, 0.1) is 11.3 Å². The molecule has 1 aromatic heterocycles. The summed E-state index contributed by atoms with van der Waals surface area (Å²) in [5, 5.41) is 11.7. The first-order chi connectivity index (χ1) is 9.33. The number of carboxylic acid groups (broad SMARTS) is 1. The van der Waals surface area contributed by atoms with E-state index < -0.39 is 30.0 Å². The highest BCUT2D eigenvalue weighted by Gasteiger charge is 2.66. The maximum Gasteiger partial charge on any atom is 0.406 e. The first-order valence-electron chi connectivity index (χ1n) is 6.47. The van der Waals surface area contributed by atoms with Gasteiger partial charge in [-0.15, -0.1) is 0 Å². The van der Waals surface area contributed by atoms with Crippen LogP contribution in [0.4, 0.5) is 13.2 Å². The molecule has 1 aromatic rings. The van der Waals surface area contributed by atoms with E-state index in [0.29, 0.717) is 6.54 Å². The molecule has 2 heterocycles. The van der Waals surface area contributed by atoms with E-state index >= 15 is 0 Å². The summed E-state index contributed by atoms with van der Waals surface area (Å²) >= 11 is 0. The molecular formula is C13H17F3N2O2. The third-order valence-electron chi connectivity index (χ3n) is 4.10. The Morgan fingerprint density at radius 2 is 2.30 bits per heavy atom. The van der Waals surface area contributed by atoms with Gasteiger partial charge in [0.05, 0.1) is 0 Å². The molecule has 0 bridgehead atoms. The maximum atomic E-state index is 13.3. The number of hydrogen-bond donors (Lipinski definition) is 2. The highest BCUT2D eigenvalue weighted by atomic mass is 19.4. The molecule has 7 heteroatoms. The van der Waals surface area contributed by atoms with E-state index in [9.17, 15) is 18.0 Å². The lowest BCUT2D eigenvalue weighted by molar-refractivity contribution is -0.236. The number of carbonyl (C=O) groups is 1. The SMILES string of the molecule is CCn1cccc1C[C@H]1CNC[C@]1(C(=O)O)C(F)(F)F. The van der Waals surface area contributed by atoms with Crippen LogP contribution in [0.3, 0.4) is 0 Å². The fourth-order valence-corrected chi connectivity index (χ4v) is 2.91. The second kappa shape index (κ2) is 5.12. The van der Waals surface area contributed by atoms with Crippen LogP contribution in [0.1, 0.15) is 12.6 Å². The molecule has 0 aliphatic carbocycles. The molecule has 2 atom stereocenters. The van der Waals surface area contributed by atoms with Crippen LogP contribution >= 0.6 is 0 Å². The average Bonchev–Trinajstić information content (AvgIpc) is 2.95. The first kappa shape index (κ1) is 14.9. The fourth-order valence-electron chi connectivity index (χ4n) is 2.91. The van der Waals surface area contributed by atoms with Gasteiger partial charge in [0.15, 0.2) is 5.41 Å². The van der Waals surface area contributed by atoms with Crippen LogP contribution in [-0.2, 0) is 17.8 Å². The van der Waals surface area contributed by atoms with Crippen molar-refractivity contribution in [3.8, 4) is 0 Å². The molecule has 1 aliphatic heterocycles. The third kappa shape index (κ3) is 2.19. The Hall–Kier alpha value is -1.50. The van der Waals surface area contributed by atoms with Crippen LogP contribution in [0.25, 0.3) is 0 Å². The molecule has 4 nitrogen and oxygen atoms in total. The summed E-state index contributed by atoms with van der Waals surface area (Å²) in [6.45, 7) is 2.03. The van der Waals surface area contributed by atoms with Gasteiger partial charge in [-0.2, -0.15) is 13.2 Å². The van der Waals surface area contributed by atoms with Crippen molar-refractivity contribution in [2.75, 3.05) is 13.1 Å². The van der Waals surface area contributed by atoms with E-state index in [1.165, 1.54) is 0 Å². The van der Waals surface area contributed by atoms with E-state index in [1.807, 2.05) is 11.5 Å². The zero-order valence-electron chi connectivity index (χ0n) is 11.1. The van der Waals surface area contributed by atoms with E-state index in [1.54, 1.807) is 18.3 Å². The van der Waals surface area contributed by atoms with Gasteiger partial charge >= 0.3 is 12.1 Å². The summed E-state index contributed by atoms with van der Waals surface area (Å²) in [7, 11) is 0. The van der Waals surface area contributed by atoms with Crippen molar-refractivity contribution in [2.45, 2.75) is 26.1 Å². The number of aliphatic carboxylic acids is 1. The number of nitrogens with one attached hydrogen (secondary N) is 1. The number of aryl methyl sites for hydroxylation is 1. The topological polar surface area (TPSA) is 54.3 Å². The summed E-state index contributed by atoms with van der Waals surface area (Å²) in [4.78, 5) is 11.3. The molecule has 1 saturated heterocycles. The zero-order valence-corrected chi connectivity index (χ0v) is 11.1. The number of rotatable bonds is 4. The lowest BCUT2D eigenvalue weighted by Crippen LogP contribution is -2.51. The standard InChI is InChI=1S/C13H17F3N2O2/c1-2-18-5-3-4-10(18)6-9-7-17-8-12(9,11(19)20)13(14,15)16/h3-5,9,17H,2,6-8H2,1H3,(H,19,20)/t9-,12-/m0/s1. The average molecular weight is 290 g/mol. The molecule has 112 valence electrons. The zero-order chi connectivity index (χ0) is 15.0. The largest absolute Gasteiger partial charge is 0.481 e. The molecule has 2 N–H and O–H groups in total. The van der Waals surface area contributed by atoms with E-state index in [-0.39, 0.29) is 13.0 Å². The highest BCUT2D eigenvalue weighted by Crippen LogP contribution is 2.47. The van der Waals surface area contributed by atoms with E-state index in [0.717, 1.165) is 5.69 Å².